The van der Waals surface area contributed by atoms with E-state index in [0.29, 0.717) is 11.6 Å². The fourth-order valence-electron chi connectivity index (χ4n) is 3.32. The Hall–Kier alpha value is -3.88. The first-order valence-electron chi connectivity index (χ1n) is 9.29. The van der Waals surface area contributed by atoms with Crippen molar-refractivity contribution in [1.29, 1.82) is 0 Å². The Morgan fingerprint density at radius 1 is 0.875 bits per heavy atom. The molecule has 0 aromatic heterocycles. The van der Waals surface area contributed by atoms with Crippen molar-refractivity contribution >= 4 is 11.8 Å². The first-order valence-corrected chi connectivity index (χ1v) is 9.29. The summed E-state index contributed by atoms with van der Waals surface area (Å²) in [6.45, 7) is 3.04. The molecular weight excluding hydrogens is 428 g/mol. The van der Waals surface area contributed by atoms with Crippen molar-refractivity contribution in [2.24, 2.45) is 11.5 Å². The number of carbonyl (C=O) groups is 2. The van der Waals surface area contributed by atoms with Gasteiger partial charge in [0.25, 0.3) is 5.91 Å². The lowest BCUT2D eigenvalue weighted by Crippen LogP contribution is -2.16. The molecule has 0 heterocycles. The monoisotopic (exact) mass is 446 g/mol. The molecule has 0 fully saturated rings. The average molecular weight is 446 g/mol. The third-order valence-corrected chi connectivity index (χ3v) is 4.92. The Morgan fingerprint density at radius 3 is 2.09 bits per heavy atom. The quantitative estimate of drug-likeness (QED) is 0.533. The molecule has 3 rings (SSSR count). The van der Waals surface area contributed by atoms with Gasteiger partial charge >= 0.3 is 6.18 Å². The van der Waals surface area contributed by atoms with Gasteiger partial charge in [0.15, 0.2) is 0 Å². The van der Waals surface area contributed by atoms with Gasteiger partial charge in [0.1, 0.15) is 17.3 Å². The van der Waals surface area contributed by atoms with Crippen LogP contribution in [0, 0.1) is 19.7 Å². The Bertz CT molecular complexity index is 1240. The molecule has 0 unspecified atom stereocenters. The van der Waals surface area contributed by atoms with Crippen molar-refractivity contribution in [2.45, 2.75) is 20.0 Å². The molecule has 3 aromatic rings. The smallest absolute Gasteiger partial charge is 0.416 e. The van der Waals surface area contributed by atoms with E-state index in [2.05, 4.69) is 0 Å². The fraction of sp³-hybridized carbons (Fsp3) is 0.130. The van der Waals surface area contributed by atoms with Crippen LogP contribution < -0.4 is 16.2 Å². The van der Waals surface area contributed by atoms with E-state index >= 15 is 0 Å². The maximum Gasteiger partial charge on any atom is 0.416 e. The summed E-state index contributed by atoms with van der Waals surface area (Å²) < 4.78 is 60.1. The number of rotatable bonds is 5. The van der Waals surface area contributed by atoms with Crippen LogP contribution in [-0.2, 0) is 6.18 Å². The van der Waals surface area contributed by atoms with E-state index in [4.69, 9.17) is 16.2 Å². The van der Waals surface area contributed by atoms with Crippen molar-refractivity contribution in [1.82, 2.24) is 0 Å². The second kappa shape index (κ2) is 8.33. The van der Waals surface area contributed by atoms with Crippen molar-refractivity contribution in [3.8, 4) is 22.6 Å². The minimum atomic E-state index is -4.79. The SMILES string of the molecule is Cc1cc(F)ccc1Oc1c(C(N)=O)cc(C(F)(F)F)cc1-c1cccc(C(N)=O)c1C. The zero-order valence-corrected chi connectivity index (χ0v) is 17.0. The lowest BCUT2D eigenvalue weighted by Gasteiger charge is -2.20. The van der Waals surface area contributed by atoms with Gasteiger partial charge in [0.05, 0.1) is 11.1 Å². The number of benzene rings is 3. The van der Waals surface area contributed by atoms with Crippen LogP contribution in [0.4, 0.5) is 17.6 Å². The van der Waals surface area contributed by atoms with Crippen LogP contribution in [0.15, 0.2) is 48.5 Å². The standard InChI is InChI=1S/C23H18F4N2O3/c1-11-8-14(24)6-7-19(11)32-20-17(15-4-3-5-16(12(15)2)21(28)30)9-13(23(25,26)27)10-18(20)22(29)31/h3-10H,1-2H3,(H2,28,30)(H2,29,31). The first kappa shape index (κ1) is 22.8. The van der Waals surface area contributed by atoms with Gasteiger partial charge in [-0.1, -0.05) is 12.1 Å². The van der Waals surface area contributed by atoms with Crippen LogP contribution in [-0.4, -0.2) is 11.8 Å². The highest BCUT2D eigenvalue weighted by Crippen LogP contribution is 2.43. The molecule has 0 aliphatic heterocycles. The molecule has 0 atom stereocenters. The maximum absolute atomic E-state index is 13.6. The number of primary amides is 2. The molecule has 0 aliphatic carbocycles. The highest BCUT2D eigenvalue weighted by Gasteiger charge is 2.34. The van der Waals surface area contributed by atoms with Crippen molar-refractivity contribution < 1.29 is 31.9 Å². The van der Waals surface area contributed by atoms with Crippen LogP contribution in [0.25, 0.3) is 11.1 Å². The average Bonchev–Trinajstić information content (AvgIpc) is 2.69. The lowest BCUT2D eigenvalue weighted by atomic mass is 9.92. The summed E-state index contributed by atoms with van der Waals surface area (Å²) in [5.74, 6) is -2.62. The Labute approximate surface area is 180 Å². The minimum absolute atomic E-state index is 0.0875. The zero-order valence-electron chi connectivity index (χ0n) is 17.0. The van der Waals surface area contributed by atoms with E-state index in [-0.39, 0.29) is 33.8 Å². The van der Waals surface area contributed by atoms with Crippen molar-refractivity contribution in [2.75, 3.05) is 0 Å². The van der Waals surface area contributed by atoms with E-state index in [1.807, 2.05) is 0 Å². The summed E-state index contributed by atoms with van der Waals surface area (Å²) >= 11 is 0. The highest BCUT2D eigenvalue weighted by molar-refractivity contribution is 6.00. The predicted octanol–water partition coefficient (Wildman–Crippen LogP) is 5.12. The summed E-state index contributed by atoms with van der Waals surface area (Å²) in [7, 11) is 0. The van der Waals surface area contributed by atoms with Crippen LogP contribution in [0.2, 0.25) is 0 Å². The van der Waals surface area contributed by atoms with Gasteiger partial charge in [0, 0.05) is 11.1 Å². The van der Waals surface area contributed by atoms with E-state index in [9.17, 15) is 27.2 Å². The number of nitrogens with two attached hydrogens (primary N) is 2. The summed E-state index contributed by atoms with van der Waals surface area (Å²) in [6.07, 6.45) is -4.79. The Balaban J connectivity index is 2.38. The van der Waals surface area contributed by atoms with E-state index in [1.165, 1.54) is 44.2 Å². The van der Waals surface area contributed by atoms with E-state index in [0.717, 1.165) is 12.1 Å². The fourth-order valence-corrected chi connectivity index (χ4v) is 3.32. The molecule has 0 saturated heterocycles. The number of halogens is 4. The van der Waals surface area contributed by atoms with E-state index in [1.54, 1.807) is 0 Å². The molecule has 0 spiro atoms. The Morgan fingerprint density at radius 2 is 1.53 bits per heavy atom. The second-order valence-corrected chi connectivity index (χ2v) is 7.12. The molecule has 166 valence electrons. The normalized spacial score (nSPS) is 11.3. The highest BCUT2D eigenvalue weighted by atomic mass is 19.4. The number of hydrogen-bond acceptors (Lipinski definition) is 3. The minimum Gasteiger partial charge on any atom is -0.456 e. The number of amides is 2. The van der Waals surface area contributed by atoms with Gasteiger partial charge in [-0.15, -0.1) is 0 Å². The van der Waals surface area contributed by atoms with Gasteiger partial charge in [-0.25, -0.2) is 4.39 Å². The number of hydrogen-bond donors (Lipinski definition) is 2. The zero-order chi connectivity index (χ0) is 23.8. The van der Waals surface area contributed by atoms with Gasteiger partial charge in [-0.2, -0.15) is 13.2 Å². The molecule has 0 saturated carbocycles. The largest absolute Gasteiger partial charge is 0.456 e. The van der Waals surface area contributed by atoms with Gasteiger partial charge in [0.2, 0.25) is 5.91 Å². The third kappa shape index (κ3) is 4.41. The van der Waals surface area contributed by atoms with Crippen molar-refractivity contribution in [3.63, 3.8) is 0 Å². The van der Waals surface area contributed by atoms with Crippen LogP contribution >= 0.6 is 0 Å². The summed E-state index contributed by atoms with van der Waals surface area (Å²) in [6, 6.07) is 9.28. The number of aryl methyl sites for hydroxylation is 1. The van der Waals surface area contributed by atoms with Crippen LogP contribution in [0.1, 0.15) is 37.4 Å². The van der Waals surface area contributed by atoms with Gasteiger partial charge in [-0.3, -0.25) is 9.59 Å². The molecule has 4 N–H and O–H groups in total. The third-order valence-electron chi connectivity index (χ3n) is 4.92. The molecule has 0 bridgehead atoms. The van der Waals surface area contributed by atoms with Crippen LogP contribution in [0.5, 0.6) is 11.5 Å². The molecule has 2 amide bonds. The molecular formula is C23H18F4N2O3. The molecule has 9 heteroatoms. The first-order chi connectivity index (χ1) is 14.9. The van der Waals surface area contributed by atoms with Crippen LogP contribution in [0.3, 0.4) is 0 Å². The van der Waals surface area contributed by atoms with Gasteiger partial charge < -0.3 is 16.2 Å². The topological polar surface area (TPSA) is 95.4 Å². The van der Waals surface area contributed by atoms with Gasteiger partial charge in [-0.05, 0) is 66.9 Å². The Kier molecular flexibility index (Phi) is 5.94. The summed E-state index contributed by atoms with van der Waals surface area (Å²) in [5.41, 5.74) is 9.88. The molecule has 5 nitrogen and oxygen atoms in total. The predicted molar refractivity (Wildman–Crippen MR) is 110 cm³/mol. The second-order valence-electron chi connectivity index (χ2n) is 7.12. The van der Waals surface area contributed by atoms with Crippen molar-refractivity contribution in [3.05, 3.63) is 82.2 Å². The summed E-state index contributed by atoms with van der Waals surface area (Å²) in [4.78, 5) is 23.9. The molecule has 0 aliphatic rings. The lowest BCUT2D eigenvalue weighted by molar-refractivity contribution is -0.137. The molecule has 0 radical (unpaired) electrons. The maximum atomic E-state index is 13.6. The molecule has 3 aromatic carbocycles. The van der Waals surface area contributed by atoms with E-state index < -0.39 is 34.9 Å². The molecule has 32 heavy (non-hydrogen) atoms. The number of ether oxygens (including phenoxy) is 1. The number of carbonyl (C=O) groups excluding carboxylic acids is 2. The summed E-state index contributed by atoms with van der Waals surface area (Å²) in [5, 5.41) is 0. The number of alkyl halides is 3.